The van der Waals surface area contributed by atoms with Crippen molar-refractivity contribution < 1.29 is 47.6 Å². The van der Waals surface area contributed by atoms with Crippen molar-refractivity contribution in [2.45, 2.75) is 134 Å². The molecule has 0 amide bonds. The summed E-state index contributed by atoms with van der Waals surface area (Å²) in [4.78, 5) is 0. The van der Waals surface area contributed by atoms with Gasteiger partial charge in [-0.2, -0.15) is 0 Å². The van der Waals surface area contributed by atoms with Crippen molar-refractivity contribution in [2.75, 3.05) is 0 Å². The van der Waals surface area contributed by atoms with Crippen molar-refractivity contribution in [2.24, 2.45) is 0 Å². The number of aliphatic hydroxyl groups excluding tert-OH is 1. The van der Waals surface area contributed by atoms with E-state index in [1.807, 2.05) is 6.92 Å². The molecule has 0 aliphatic carbocycles. The molecule has 0 aliphatic heterocycles. The molecule has 2 unspecified atom stereocenters. The molecular weight excluding hydrogens is 371 g/mol. The maximum atomic E-state index is 11.2. The van der Waals surface area contributed by atoms with Crippen molar-refractivity contribution in [1.82, 2.24) is 0 Å². The molecule has 0 saturated carbocycles. The van der Waals surface area contributed by atoms with Gasteiger partial charge < -0.3 is 9.66 Å². The van der Waals surface area contributed by atoms with E-state index < -0.39 is 15.4 Å². The molecule has 0 saturated heterocycles. The quantitative estimate of drug-likeness (QED) is 0.200. The van der Waals surface area contributed by atoms with E-state index in [1.54, 1.807) is 0 Å². The molecule has 0 bridgehead atoms. The minimum absolute atomic E-state index is 0. The molecule has 158 valence electrons. The second kappa shape index (κ2) is 20.2. The molecule has 0 heterocycles. The van der Waals surface area contributed by atoms with Crippen LogP contribution >= 0.6 is 0 Å². The van der Waals surface area contributed by atoms with Gasteiger partial charge in [0.15, 0.2) is 0 Å². The maximum Gasteiger partial charge on any atom is 1.00 e. The van der Waals surface area contributed by atoms with Crippen molar-refractivity contribution in [3.05, 3.63) is 0 Å². The molecule has 2 atom stereocenters. The van der Waals surface area contributed by atoms with E-state index in [0.29, 0.717) is 12.8 Å². The van der Waals surface area contributed by atoms with Gasteiger partial charge in [-0.25, -0.2) is 8.42 Å². The summed E-state index contributed by atoms with van der Waals surface area (Å²) < 4.78 is 33.5. The smallest absolute Gasteiger partial charge is 0.748 e. The van der Waals surface area contributed by atoms with Crippen molar-refractivity contribution >= 4 is 10.1 Å². The van der Waals surface area contributed by atoms with Gasteiger partial charge in [0.2, 0.25) is 0 Å². The molecule has 0 aliphatic rings. The number of rotatable bonds is 19. The van der Waals surface area contributed by atoms with Crippen LogP contribution in [0.25, 0.3) is 0 Å². The number of aliphatic hydroxyl groups is 1. The third kappa shape index (κ3) is 19.9. The summed E-state index contributed by atoms with van der Waals surface area (Å²) in [5.41, 5.74) is 0. The Hall–Kier alpha value is 0.870. The molecule has 4 nitrogen and oxygen atoms in total. The van der Waals surface area contributed by atoms with Gasteiger partial charge in [0, 0.05) is 5.25 Å². The van der Waals surface area contributed by atoms with E-state index in [-0.39, 0.29) is 35.7 Å². The fraction of sp³-hybridized carbons (Fsp3) is 1.00. The van der Waals surface area contributed by atoms with Crippen LogP contribution in [0, 0.1) is 0 Å². The summed E-state index contributed by atoms with van der Waals surface area (Å²) in [7, 11) is -4.13. The first-order valence-electron chi connectivity index (χ1n) is 11.0. The van der Waals surface area contributed by atoms with Gasteiger partial charge in [0.25, 0.3) is 0 Å². The summed E-state index contributed by atoms with van der Waals surface area (Å²) >= 11 is 0. The predicted molar refractivity (Wildman–Crippen MR) is 109 cm³/mol. The molecule has 0 spiro atoms. The average molecular weight is 415 g/mol. The van der Waals surface area contributed by atoms with Crippen molar-refractivity contribution in [1.29, 1.82) is 0 Å². The summed E-state index contributed by atoms with van der Waals surface area (Å²) in [6.45, 7) is 4.14. The van der Waals surface area contributed by atoms with Gasteiger partial charge in [-0.05, 0) is 25.7 Å². The zero-order chi connectivity index (χ0) is 19.7. The first-order chi connectivity index (χ1) is 12.4. The Morgan fingerprint density at radius 2 is 1.07 bits per heavy atom. The van der Waals surface area contributed by atoms with E-state index in [0.717, 1.165) is 57.8 Å². The van der Waals surface area contributed by atoms with E-state index in [2.05, 4.69) is 6.92 Å². The zero-order valence-electron chi connectivity index (χ0n) is 18.3. The van der Waals surface area contributed by atoms with Gasteiger partial charge >= 0.3 is 29.6 Å². The number of hydrogen-bond donors (Lipinski definition) is 1. The Morgan fingerprint density at radius 3 is 1.48 bits per heavy atom. The molecule has 27 heavy (non-hydrogen) atoms. The molecule has 6 heteroatoms. The third-order valence-electron chi connectivity index (χ3n) is 5.22. The minimum Gasteiger partial charge on any atom is -0.748 e. The fourth-order valence-electron chi connectivity index (χ4n) is 3.52. The van der Waals surface area contributed by atoms with Crippen LogP contribution in [0.2, 0.25) is 0 Å². The van der Waals surface area contributed by atoms with Gasteiger partial charge in [0.1, 0.15) is 0 Å². The van der Waals surface area contributed by atoms with Crippen LogP contribution in [-0.2, 0) is 10.1 Å². The first kappa shape index (κ1) is 30.1. The minimum atomic E-state index is -4.13. The van der Waals surface area contributed by atoms with Gasteiger partial charge in [-0.3, -0.25) is 0 Å². The Morgan fingerprint density at radius 1 is 0.667 bits per heavy atom. The number of hydrogen-bond acceptors (Lipinski definition) is 4. The van der Waals surface area contributed by atoms with E-state index >= 15 is 0 Å². The van der Waals surface area contributed by atoms with E-state index in [4.69, 9.17) is 0 Å². The van der Waals surface area contributed by atoms with E-state index in [1.165, 1.54) is 38.5 Å². The SMILES string of the molecule is CCCCCCCC(O)CCCCCCCCCC(CCC)S(=O)(=O)[O-].[Na+]. The van der Waals surface area contributed by atoms with Gasteiger partial charge in [0.05, 0.1) is 16.2 Å². The van der Waals surface area contributed by atoms with Crippen LogP contribution in [0.3, 0.4) is 0 Å². The average Bonchev–Trinajstić information content (AvgIpc) is 2.58. The Bertz CT molecular complexity index is 401. The summed E-state index contributed by atoms with van der Waals surface area (Å²) in [6, 6.07) is 0. The Labute approximate surface area is 191 Å². The summed E-state index contributed by atoms with van der Waals surface area (Å²) in [5, 5.41) is 9.28. The van der Waals surface area contributed by atoms with Crippen LogP contribution in [0.1, 0.15) is 123 Å². The van der Waals surface area contributed by atoms with Gasteiger partial charge in [-0.1, -0.05) is 97.3 Å². The molecule has 0 fully saturated rings. The third-order valence-corrected chi connectivity index (χ3v) is 6.51. The molecule has 0 rings (SSSR count). The normalized spacial score (nSPS) is 13.9. The van der Waals surface area contributed by atoms with Crippen LogP contribution in [0.5, 0.6) is 0 Å². The fourth-order valence-corrected chi connectivity index (χ4v) is 4.50. The monoisotopic (exact) mass is 414 g/mol. The molecule has 1 N–H and O–H groups in total. The molecular formula is C21H43NaO4S. The molecule has 0 radical (unpaired) electrons. The Kier molecular flexibility index (Phi) is 22.4. The van der Waals surface area contributed by atoms with Gasteiger partial charge in [-0.15, -0.1) is 0 Å². The largest absolute Gasteiger partial charge is 1.00 e. The van der Waals surface area contributed by atoms with Crippen LogP contribution < -0.4 is 29.6 Å². The van der Waals surface area contributed by atoms with Crippen LogP contribution in [-0.4, -0.2) is 29.4 Å². The first-order valence-corrected chi connectivity index (χ1v) is 12.5. The number of unbranched alkanes of at least 4 members (excludes halogenated alkanes) is 10. The standard InChI is InChI=1S/C21H44O4S.Na/c1-3-5-6-10-13-17-20(22)18-14-11-8-7-9-12-15-19-21(16-4-2)26(23,24)25;/h20-22H,3-19H2,1-2H3,(H,23,24,25);/q;+1/p-1. The second-order valence-electron chi connectivity index (χ2n) is 7.81. The van der Waals surface area contributed by atoms with Crippen molar-refractivity contribution in [3.8, 4) is 0 Å². The predicted octanol–water partition coefficient (Wildman–Crippen LogP) is 2.94. The summed E-state index contributed by atoms with van der Waals surface area (Å²) in [5.74, 6) is 0. The van der Waals surface area contributed by atoms with Crippen LogP contribution in [0.4, 0.5) is 0 Å². The summed E-state index contributed by atoms with van der Waals surface area (Å²) in [6.07, 6.45) is 17.3. The maximum absolute atomic E-state index is 11.2. The molecule has 0 aromatic rings. The van der Waals surface area contributed by atoms with E-state index in [9.17, 15) is 18.1 Å². The zero-order valence-corrected chi connectivity index (χ0v) is 21.1. The topological polar surface area (TPSA) is 77.4 Å². The molecule has 0 aromatic heterocycles. The van der Waals surface area contributed by atoms with Crippen molar-refractivity contribution in [3.63, 3.8) is 0 Å². The van der Waals surface area contributed by atoms with Crippen LogP contribution in [0.15, 0.2) is 0 Å². The Balaban J connectivity index is 0. The molecule has 0 aromatic carbocycles. The second-order valence-corrected chi connectivity index (χ2v) is 9.46.